The van der Waals surface area contributed by atoms with E-state index < -0.39 is 35.8 Å². The molecule has 0 aromatic heterocycles. The third kappa shape index (κ3) is 4.17. The van der Waals surface area contributed by atoms with E-state index in [2.05, 4.69) is 0 Å². The second-order valence-electron chi connectivity index (χ2n) is 8.55. The van der Waals surface area contributed by atoms with Crippen LogP contribution in [0.25, 0.3) is 0 Å². The second kappa shape index (κ2) is 9.94. The molecular formula is C28H26N2O7. The van der Waals surface area contributed by atoms with Gasteiger partial charge in [-0.3, -0.25) is 14.4 Å². The fourth-order valence-electron chi connectivity index (χ4n) is 4.81. The van der Waals surface area contributed by atoms with Crippen molar-refractivity contribution in [2.45, 2.75) is 19.1 Å². The smallest absolute Gasteiger partial charge is 0.338 e. The monoisotopic (exact) mass is 502 g/mol. The number of hydrogen-bond acceptors (Lipinski definition) is 8. The van der Waals surface area contributed by atoms with Gasteiger partial charge in [-0.1, -0.05) is 18.2 Å². The lowest BCUT2D eigenvalue weighted by atomic mass is 9.90. The van der Waals surface area contributed by atoms with Gasteiger partial charge in [-0.15, -0.1) is 0 Å². The molecule has 0 unspecified atom stereocenters. The molecule has 2 saturated heterocycles. The molecule has 5 rings (SSSR count). The van der Waals surface area contributed by atoms with E-state index in [1.807, 2.05) is 36.4 Å². The summed E-state index contributed by atoms with van der Waals surface area (Å²) >= 11 is 0. The van der Waals surface area contributed by atoms with Gasteiger partial charge in [0, 0.05) is 11.6 Å². The van der Waals surface area contributed by atoms with Crippen LogP contribution in [-0.2, 0) is 19.2 Å². The molecule has 3 atom stereocenters. The first-order valence-corrected chi connectivity index (χ1v) is 11.9. The highest BCUT2D eigenvalue weighted by Gasteiger charge is 2.60. The standard InChI is InChI=1S/C28H26N2O7/c1-4-36-28(33)17-10-12-18(13-11-17)29-26(31)23-24(21-15-14-20(34-2)16-22(21)35-3)30(37-25(23)27(29)32)19-8-6-5-7-9-19/h5-16,23-25H,4H2,1-3H3/t23-,24-,25+/m0/s1. The Hall–Kier alpha value is -4.37. The summed E-state index contributed by atoms with van der Waals surface area (Å²) in [7, 11) is 3.10. The molecule has 37 heavy (non-hydrogen) atoms. The van der Waals surface area contributed by atoms with E-state index in [4.69, 9.17) is 19.0 Å². The van der Waals surface area contributed by atoms with Crippen LogP contribution in [0, 0.1) is 5.92 Å². The van der Waals surface area contributed by atoms with Crippen molar-refractivity contribution >= 4 is 29.2 Å². The lowest BCUT2D eigenvalue weighted by Gasteiger charge is -2.29. The molecule has 0 N–H and O–H groups in total. The topological polar surface area (TPSA) is 94.6 Å². The first kappa shape index (κ1) is 24.3. The minimum Gasteiger partial charge on any atom is -0.497 e. The minimum atomic E-state index is -1.03. The zero-order chi connectivity index (χ0) is 26.1. The van der Waals surface area contributed by atoms with Crippen molar-refractivity contribution in [1.29, 1.82) is 0 Å². The molecular weight excluding hydrogens is 476 g/mol. The number of carbonyl (C=O) groups excluding carboxylic acids is 3. The molecule has 3 aromatic carbocycles. The van der Waals surface area contributed by atoms with E-state index in [9.17, 15) is 14.4 Å². The molecule has 0 saturated carbocycles. The van der Waals surface area contributed by atoms with Crippen molar-refractivity contribution in [1.82, 2.24) is 0 Å². The first-order chi connectivity index (χ1) is 18.0. The first-order valence-electron chi connectivity index (χ1n) is 11.9. The Kier molecular flexibility index (Phi) is 6.54. The summed E-state index contributed by atoms with van der Waals surface area (Å²) in [4.78, 5) is 46.7. The van der Waals surface area contributed by atoms with E-state index in [1.54, 1.807) is 43.4 Å². The van der Waals surface area contributed by atoms with E-state index in [0.717, 1.165) is 4.90 Å². The summed E-state index contributed by atoms with van der Waals surface area (Å²) < 4.78 is 16.0. The normalized spacial score (nSPS) is 20.7. The second-order valence-corrected chi connectivity index (χ2v) is 8.55. The van der Waals surface area contributed by atoms with Crippen LogP contribution in [-0.4, -0.2) is 44.7 Å². The number of methoxy groups -OCH3 is 2. The Bertz CT molecular complexity index is 1330. The lowest BCUT2D eigenvalue weighted by molar-refractivity contribution is -0.126. The van der Waals surface area contributed by atoms with Gasteiger partial charge in [-0.2, -0.15) is 0 Å². The highest BCUT2D eigenvalue weighted by atomic mass is 16.7. The van der Waals surface area contributed by atoms with Gasteiger partial charge >= 0.3 is 5.97 Å². The third-order valence-electron chi connectivity index (χ3n) is 6.52. The van der Waals surface area contributed by atoms with Crippen molar-refractivity contribution in [3.63, 3.8) is 0 Å². The fraction of sp³-hybridized carbons (Fsp3) is 0.250. The van der Waals surface area contributed by atoms with E-state index in [0.29, 0.717) is 34.0 Å². The van der Waals surface area contributed by atoms with Crippen LogP contribution in [0.1, 0.15) is 28.9 Å². The van der Waals surface area contributed by atoms with Crippen molar-refractivity contribution in [2.24, 2.45) is 5.92 Å². The van der Waals surface area contributed by atoms with Crippen molar-refractivity contribution in [2.75, 3.05) is 30.8 Å². The molecule has 0 bridgehead atoms. The Balaban J connectivity index is 1.54. The summed E-state index contributed by atoms with van der Waals surface area (Å²) in [6.07, 6.45) is -1.03. The van der Waals surface area contributed by atoms with Crippen LogP contribution in [0.5, 0.6) is 11.5 Å². The minimum absolute atomic E-state index is 0.249. The zero-order valence-electron chi connectivity index (χ0n) is 20.6. The predicted octanol–water partition coefficient (Wildman–Crippen LogP) is 3.93. The van der Waals surface area contributed by atoms with Gasteiger partial charge in [-0.25, -0.2) is 14.8 Å². The van der Waals surface area contributed by atoms with Gasteiger partial charge in [0.2, 0.25) is 5.91 Å². The number of amides is 2. The lowest BCUT2D eigenvalue weighted by Crippen LogP contribution is -2.37. The zero-order valence-corrected chi connectivity index (χ0v) is 20.6. The van der Waals surface area contributed by atoms with Gasteiger partial charge in [0.15, 0.2) is 6.10 Å². The van der Waals surface area contributed by atoms with Crippen molar-refractivity contribution in [3.8, 4) is 11.5 Å². The number of carbonyl (C=O) groups is 3. The number of esters is 1. The highest BCUT2D eigenvalue weighted by Crippen LogP contribution is 2.49. The molecule has 2 heterocycles. The van der Waals surface area contributed by atoms with E-state index in [-0.39, 0.29) is 6.61 Å². The Morgan fingerprint density at radius 3 is 2.27 bits per heavy atom. The largest absolute Gasteiger partial charge is 0.497 e. The number of fused-ring (bicyclic) bond motifs is 1. The van der Waals surface area contributed by atoms with Crippen LogP contribution in [0.3, 0.4) is 0 Å². The molecule has 0 spiro atoms. The Morgan fingerprint density at radius 1 is 0.892 bits per heavy atom. The molecule has 9 heteroatoms. The summed E-state index contributed by atoms with van der Waals surface area (Å²) in [6, 6.07) is 20.2. The third-order valence-corrected chi connectivity index (χ3v) is 6.52. The summed E-state index contributed by atoms with van der Waals surface area (Å²) in [5.41, 5.74) is 2.07. The number of hydrogen-bond donors (Lipinski definition) is 0. The van der Waals surface area contributed by atoms with Crippen LogP contribution >= 0.6 is 0 Å². The van der Waals surface area contributed by atoms with Gasteiger partial charge in [0.25, 0.3) is 5.91 Å². The predicted molar refractivity (Wildman–Crippen MR) is 134 cm³/mol. The number of anilines is 2. The number of benzene rings is 3. The average Bonchev–Trinajstić information content (AvgIpc) is 3.44. The molecule has 9 nitrogen and oxygen atoms in total. The highest BCUT2D eigenvalue weighted by molar-refractivity contribution is 6.24. The van der Waals surface area contributed by atoms with Crippen molar-refractivity contribution in [3.05, 3.63) is 83.9 Å². The van der Waals surface area contributed by atoms with Gasteiger partial charge in [0.05, 0.1) is 43.8 Å². The quantitative estimate of drug-likeness (QED) is 0.354. The van der Waals surface area contributed by atoms with Crippen LogP contribution in [0.15, 0.2) is 72.8 Å². The molecule has 2 fully saturated rings. The summed E-state index contributed by atoms with van der Waals surface area (Å²) in [5, 5.41) is 1.61. The SMILES string of the molecule is CCOC(=O)c1ccc(N2C(=O)[C@@H]3[C@@H](ON(c4ccccc4)[C@H]3c3ccc(OC)cc3OC)C2=O)cc1. The molecule has 190 valence electrons. The van der Waals surface area contributed by atoms with Gasteiger partial charge in [-0.05, 0) is 55.5 Å². The average molecular weight is 503 g/mol. The van der Waals surface area contributed by atoms with E-state index >= 15 is 0 Å². The van der Waals surface area contributed by atoms with Crippen molar-refractivity contribution < 1.29 is 33.4 Å². The maximum atomic E-state index is 13.8. The van der Waals surface area contributed by atoms with Gasteiger partial charge in [0.1, 0.15) is 17.4 Å². The van der Waals surface area contributed by atoms with Crippen LogP contribution < -0.4 is 19.4 Å². The van der Waals surface area contributed by atoms with Gasteiger partial charge < -0.3 is 14.2 Å². The summed E-state index contributed by atoms with van der Waals surface area (Å²) in [5.74, 6) is -1.08. The Morgan fingerprint density at radius 2 is 1.62 bits per heavy atom. The number of imide groups is 1. The molecule has 0 aliphatic carbocycles. The molecule has 2 aliphatic heterocycles. The maximum Gasteiger partial charge on any atom is 0.338 e. The van der Waals surface area contributed by atoms with Crippen LogP contribution in [0.4, 0.5) is 11.4 Å². The maximum absolute atomic E-state index is 13.8. The fourth-order valence-corrected chi connectivity index (χ4v) is 4.81. The number of ether oxygens (including phenoxy) is 3. The molecule has 2 aliphatic rings. The number of nitrogens with zero attached hydrogens (tertiary/aromatic N) is 2. The molecule has 2 amide bonds. The number of hydroxylamine groups is 1. The summed E-state index contributed by atoms with van der Waals surface area (Å²) in [6.45, 7) is 1.97. The molecule has 3 aromatic rings. The van der Waals surface area contributed by atoms with Crippen LogP contribution in [0.2, 0.25) is 0 Å². The number of para-hydroxylation sites is 1. The molecule has 0 radical (unpaired) electrons. The Labute approximate surface area is 214 Å². The van der Waals surface area contributed by atoms with E-state index in [1.165, 1.54) is 19.2 Å². The number of rotatable bonds is 7.